The molecule has 0 spiro atoms. The molecule has 8 nitrogen and oxygen atoms in total. The highest BCUT2D eigenvalue weighted by Crippen LogP contribution is 2.68. The van der Waals surface area contributed by atoms with E-state index in [1.807, 2.05) is 0 Å². The molecule has 4 aromatic rings. The van der Waals surface area contributed by atoms with E-state index < -0.39 is 34.3 Å². The Hall–Kier alpha value is -3.87. The van der Waals surface area contributed by atoms with E-state index >= 15 is 4.39 Å². The van der Waals surface area contributed by atoms with Gasteiger partial charge in [-0.2, -0.15) is 0 Å². The lowest BCUT2D eigenvalue weighted by atomic mass is 9.84. The van der Waals surface area contributed by atoms with Crippen LogP contribution in [0.1, 0.15) is 36.0 Å². The quantitative estimate of drug-likeness (QED) is 0.330. The summed E-state index contributed by atoms with van der Waals surface area (Å²) in [6, 6.07) is 5.86. The van der Waals surface area contributed by atoms with Gasteiger partial charge in [0.25, 0.3) is 6.43 Å². The highest BCUT2D eigenvalue weighted by Gasteiger charge is 2.71. The third kappa shape index (κ3) is 4.44. The summed E-state index contributed by atoms with van der Waals surface area (Å²) in [5, 5.41) is -0.0698. The topological polar surface area (TPSA) is 112 Å². The van der Waals surface area contributed by atoms with Gasteiger partial charge < -0.3 is 10.5 Å². The molecule has 0 bridgehead atoms. The van der Waals surface area contributed by atoms with Crippen LogP contribution in [0.4, 0.5) is 17.6 Å². The van der Waals surface area contributed by atoms with E-state index in [0.717, 1.165) is 17.8 Å². The molecule has 0 unspecified atom stereocenters. The van der Waals surface area contributed by atoms with Gasteiger partial charge in [0, 0.05) is 36.5 Å². The van der Waals surface area contributed by atoms with Gasteiger partial charge in [-0.15, -0.1) is 0 Å². The zero-order valence-corrected chi connectivity index (χ0v) is 21.3. The van der Waals surface area contributed by atoms with E-state index in [1.165, 1.54) is 25.4 Å². The fraction of sp³-hybridized carbons (Fsp3) is 0.308. The molecule has 1 aromatic carbocycles. The molecule has 2 N–H and O–H groups in total. The van der Waals surface area contributed by atoms with Crippen molar-refractivity contribution in [1.82, 2.24) is 24.9 Å². The van der Waals surface area contributed by atoms with E-state index in [2.05, 4.69) is 29.9 Å². The molecule has 39 heavy (non-hydrogen) atoms. The predicted molar refractivity (Wildman–Crippen MR) is 136 cm³/mol. The number of benzene rings is 1. The van der Waals surface area contributed by atoms with Crippen molar-refractivity contribution in [2.75, 3.05) is 0 Å². The minimum Gasteiger partial charge on any atom is -0.468 e. The fourth-order valence-corrected chi connectivity index (χ4v) is 6.48. The largest absolute Gasteiger partial charge is 0.468 e. The SMILES string of the molecule is C[C@]1(c2cc(Cc3nccc4nc(OCc5ncccn5)cnc34)cc(F)c2F)N=C(N)S[C@@]2(C(F)F)C[C@@H]12. The first kappa shape index (κ1) is 25.4. The monoisotopic (exact) mass is 555 g/mol. The van der Waals surface area contributed by atoms with Crippen molar-refractivity contribution >= 4 is 28.0 Å². The average molecular weight is 556 g/mol. The van der Waals surface area contributed by atoms with Gasteiger partial charge in [0.15, 0.2) is 22.6 Å². The van der Waals surface area contributed by atoms with Crippen molar-refractivity contribution in [3.63, 3.8) is 0 Å². The molecule has 3 atom stereocenters. The van der Waals surface area contributed by atoms with E-state index in [9.17, 15) is 13.2 Å². The second-order valence-electron chi connectivity index (χ2n) is 9.62. The number of nitrogens with two attached hydrogens (primary N) is 1. The molecule has 4 heterocycles. The first-order chi connectivity index (χ1) is 18.7. The summed E-state index contributed by atoms with van der Waals surface area (Å²) < 4.78 is 62.0. The number of amidine groups is 1. The lowest BCUT2D eigenvalue weighted by Crippen LogP contribution is -2.39. The fourth-order valence-electron chi connectivity index (χ4n) is 5.14. The van der Waals surface area contributed by atoms with Crippen molar-refractivity contribution < 1.29 is 22.3 Å². The number of alkyl halides is 2. The van der Waals surface area contributed by atoms with Crippen molar-refractivity contribution in [2.24, 2.45) is 16.6 Å². The third-order valence-corrected chi connectivity index (χ3v) is 8.43. The van der Waals surface area contributed by atoms with Gasteiger partial charge in [-0.25, -0.2) is 37.5 Å². The molecular formula is C26H21F4N7OS. The molecular weight excluding hydrogens is 534 g/mol. The normalized spacial score (nSPS) is 23.9. The Morgan fingerprint density at radius 1 is 1.13 bits per heavy atom. The Balaban J connectivity index is 1.31. The Morgan fingerprint density at radius 2 is 1.92 bits per heavy atom. The molecule has 0 amide bonds. The second kappa shape index (κ2) is 9.40. The van der Waals surface area contributed by atoms with Crippen LogP contribution in [-0.2, 0) is 18.6 Å². The summed E-state index contributed by atoms with van der Waals surface area (Å²) in [5.74, 6) is -2.18. The number of hydrogen-bond acceptors (Lipinski definition) is 9. The zero-order valence-electron chi connectivity index (χ0n) is 20.5. The van der Waals surface area contributed by atoms with Gasteiger partial charge >= 0.3 is 0 Å². The van der Waals surface area contributed by atoms with E-state index in [0.29, 0.717) is 28.1 Å². The molecule has 0 saturated heterocycles. The number of nitrogens with zero attached hydrogens (tertiary/aromatic N) is 6. The maximum absolute atomic E-state index is 15.1. The van der Waals surface area contributed by atoms with Crippen molar-refractivity contribution in [3.05, 3.63) is 83.3 Å². The molecule has 1 aliphatic carbocycles. The summed E-state index contributed by atoms with van der Waals surface area (Å²) in [6.07, 6.45) is 3.68. The van der Waals surface area contributed by atoms with E-state index in [4.69, 9.17) is 10.5 Å². The minimum atomic E-state index is -2.68. The molecule has 200 valence electrons. The van der Waals surface area contributed by atoms with Gasteiger partial charge in [0.05, 0.1) is 27.7 Å². The van der Waals surface area contributed by atoms with Crippen LogP contribution in [0.25, 0.3) is 11.0 Å². The number of fused-ring (bicyclic) bond motifs is 2. The van der Waals surface area contributed by atoms with Gasteiger partial charge in [0.2, 0.25) is 5.88 Å². The van der Waals surface area contributed by atoms with Gasteiger partial charge in [-0.05, 0) is 43.2 Å². The van der Waals surface area contributed by atoms with Crippen LogP contribution in [0.2, 0.25) is 0 Å². The smallest absolute Gasteiger partial charge is 0.253 e. The van der Waals surface area contributed by atoms with Gasteiger partial charge in [-0.1, -0.05) is 11.8 Å². The summed E-state index contributed by atoms with van der Waals surface area (Å²) in [5.41, 5.74) is 6.13. The average Bonchev–Trinajstić information content (AvgIpc) is 3.67. The molecule has 13 heteroatoms. The standard InChI is InChI=1S/C26H21F4N7OS/c1-25(18-10-26(18,23(29)30)39-24(31)37-25)14-7-13(8-15(27)21(14)28)9-17-22-16(3-6-32-17)36-20(11-35-22)38-12-19-33-4-2-5-34-19/h2-8,11,18,23H,9-10,12H2,1H3,(H2,31,37)/t18-,25+,26-/m0/s1. The predicted octanol–water partition coefficient (Wildman–Crippen LogP) is 4.56. The number of aromatic nitrogens is 5. The van der Waals surface area contributed by atoms with Crippen LogP contribution in [0.3, 0.4) is 0 Å². The molecule has 2 aliphatic rings. The number of thioether (sulfide) groups is 1. The zero-order chi connectivity index (χ0) is 27.4. The van der Waals surface area contributed by atoms with Crippen molar-refractivity contribution in [3.8, 4) is 5.88 Å². The Bertz CT molecular complexity index is 1610. The molecule has 3 aromatic heterocycles. The number of aliphatic imine (C=N–C) groups is 1. The lowest BCUT2D eigenvalue weighted by Gasteiger charge is -2.34. The Labute approximate surface area is 224 Å². The van der Waals surface area contributed by atoms with Crippen LogP contribution < -0.4 is 10.5 Å². The molecule has 1 saturated carbocycles. The van der Waals surface area contributed by atoms with Gasteiger partial charge in [-0.3, -0.25) is 9.98 Å². The molecule has 6 rings (SSSR count). The van der Waals surface area contributed by atoms with Crippen LogP contribution in [-0.4, -0.2) is 41.3 Å². The van der Waals surface area contributed by atoms with Crippen LogP contribution >= 0.6 is 11.8 Å². The number of hydrogen-bond donors (Lipinski definition) is 1. The highest BCUT2D eigenvalue weighted by molar-refractivity contribution is 8.15. The maximum Gasteiger partial charge on any atom is 0.253 e. The molecule has 1 aliphatic heterocycles. The summed E-state index contributed by atoms with van der Waals surface area (Å²) in [4.78, 5) is 25.8. The first-order valence-electron chi connectivity index (χ1n) is 12.0. The molecule has 1 fully saturated rings. The summed E-state index contributed by atoms with van der Waals surface area (Å²) >= 11 is 0.808. The number of halogens is 4. The maximum atomic E-state index is 15.1. The molecule has 0 radical (unpaired) electrons. The summed E-state index contributed by atoms with van der Waals surface area (Å²) in [7, 11) is 0. The van der Waals surface area contributed by atoms with Crippen LogP contribution in [0.15, 0.2) is 54.0 Å². The van der Waals surface area contributed by atoms with Gasteiger partial charge in [0.1, 0.15) is 12.1 Å². The highest BCUT2D eigenvalue weighted by atomic mass is 32.2. The summed E-state index contributed by atoms with van der Waals surface area (Å²) in [6.45, 7) is 1.63. The second-order valence-corrected chi connectivity index (χ2v) is 11.0. The van der Waals surface area contributed by atoms with E-state index in [1.54, 1.807) is 24.5 Å². The van der Waals surface area contributed by atoms with Crippen LogP contribution in [0, 0.1) is 17.6 Å². The lowest BCUT2D eigenvalue weighted by molar-refractivity contribution is 0.123. The van der Waals surface area contributed by atoms with E-state index in [-0.39, 0.29) is 36.1 Å². The third-order valence-electron chi connectivity index (χ3n) is 7.12. The minimum absolute atomic E-state index is 0.0698. The number of pyridine rings is 1. The number of ether oxygens (including phenoxy) is 1. The Morgan fingerprint density at radius 3 is 2.69 bits per heavy atom. The van der Waals surface area contributed by atoms with Crippen molar-refractivity contribution in [2.45, 2.75) is 43.1 Å². The van der Waals surface area contributed by atoms with Crippen LogP contribution in [0.5, 0.6) is 5.88 Å². The van der Waals surface area contributed by atoms with Crippen molar-refractivity contribution in [1.29, 1.82) is 0 Å². The first-order valence-corrected chi connectivity index (χ1v) is 12.8. The Kier molecular flexibility index (Phi) is 6.12. The number of rotatable bonds is 7.